The number of hydrogen-bond donors (Lipinski definition) is 1. The number of benzene rings is 2. The second-order valence-electron chi connectivity index (χ2n) is 8.81. The number of nitrogens with one attached hydrogen (secondary N) is 1. The van der Waals surface area contributed by atoms with Crippen LogP contribution < -0.4 is 5.32 Å². The largest absolute Gasteiger partial charge is 0.458 e. The van der Waals surface area contributed by atoms with E-state index in [0.29, 0.717) is 5.69 Å². The summed E-state index contributed by atoms with van der Waals surface area (Å²) in [4.78, 5) is 12.6. The average Bonchev–Trinajstić information content (AvgIpc) is 2.79. The molecule has 0 spiro atoms. The lowest BCUT2D eigenvalue weighted by Crippen LogP contribution is -2.09. The first-order valence-corrected chi connectivity index (χ1v) is 11.7. The summed E-state index contributed by atoms with van der Waals surface area (Å²) in [5.41, 5.74) is 3.94. The third-order valence-electron chi connectivity index (χ3n) is 5.38. The monoisotopic (exact) mass is 485 g/mol. The number of hydrogen-bond acceptors (Lipinski definition) is 3. The summed E-state index contributed by atoms with van der Waals surface area (Å²) in [6.07, 6.45) is 5.85. The molecule has 0 bridgehead atoms. The van der Waals surface area contributed by atoms with Gasteiger partial charge in [0.2, 0.25) is 0 Å². The SMILES string of the molecule is CC(C)=CCCC(C)=CCCC(C)=CCOC(=O)c1ccccc1Nc1cccc(C(F)(F)F)c1. The van der Waals surface area contributed by atoms with Crippen LogP contribution in [0.15, 0.2) is 83.5 Å². The standard InChI is InChI=1S/C29H34F3NO2/c1-21(2)10-7-11-22(3)12-8-13-23(4)18-19-35-28(34)26-16-5-6-17-27(26)33-25-15-9-14-24(20-25)29(30,31)32/h5-6,9-10,12,14-18,20,33H,7-8,11,13,19H2,1-4H3. The van der Waals surface area contributed by atoms with Gasteiger partial charge in [-0.15, -0.1) is 0 Å². The van der Waals surface area contributed by atoms with E-state index in [0.717, 1.165) is 43.4 Å². The molecule has 0 unspecified atom stereocenters. The minimum Gasteiger partial charge on any atom is -0.458 e. The fourth-order valence-corrected chi connectivity index (χ4v) is 3.38. The predicted molar refractivity (Wildman–Crippen MR) is 137 cm³/mol. The van der Waals surface area contributed by atoms with Crippen molar-refractivity contribution in [2.75, 3.05) is 11.9 Å². The number of halogens is 3. The summed E-state index contributed by atoms with van der Waals surface area (Å²) in [7, 11) is 0. The number of carbonyl (C=O) groups is 1. The van der Waals surface area contributed by atoms with E-state index >= 15 is 0 Å². The zero-order chi connectivity index (χ0) is 25.8. The van der Waals surface area contributed by atoms with Crippen molar-refractivity contribution in [3.63, 3.8) is 0 Å². The Bertz CT molecular complexity index is 1080. The van der Waals surface area contributed by atoms with Crippen LogP contribution in [0.25, 0.3) is 0 Å². The first-order valence-electron chi connectivity index (χ1n) is 11.7. The molecule has 0 aromatic heterocycles. The van der Waals surface area contributed by atoms with Gasteiger partial charge in [0.05, 0.1) is 16.8 Å². The highest BCUT2D eigenvalue weighted by Crippen LogP contribution is 2.32. The maximum absolute atomic E-state index is 13.0. The lowest BCUT2D eigenvalue weighted by Gasteiger charge is -2.13. The Morgan fingerprint density at radius 2 is 1.54 bits per heavy atom. The molecule has 2 aromatic rings. The van der Waals surface area contributed by atoms with Crippen LogP contribution in [0.1, 0.15) is 69.3 Å². The molecule has 1 N–H and O–H groups in total. The molecule has 0 heterocycles. The number of ether oxygens (including phenoxy) is 1. The van der Waals surface area contributed by atoms with Crippen molar-refractivity contribution in [3.05, 3.63) is 94.6 Å². The van der Waals surface area contributed by atoms with Gasteiger partial charge in [-0.05, 0) is 89.8 Å². The second-order valence-corrected chi connectivity index (χ2v) is 8.81. The topological polar surface area (TPSA) is 38.3 Å². The summed E-state index contributed by atoms with van der Waals surface area (Å²) in [6, 6.07) is 11.4. The highest BCUT2D eigenvalue weighted by molar-refractivity contribution is 5.96. The molecule has 188 valence electrons. The molecule has 3 nitrogen and oxygen atoms in total. The van der Waals surface area contributed by atoms with E-state index < -0.39 is 17.7 Å². The third-order valence-corrected chi connectivity index (χ3v) is 5.38. The number of carbonyl (C=O) groups excluding carboxylic acids is 1. The van der Waals surface area contributed by atoms with E-state index in [4.69, 9.17) is 4.74 Å². The van der Waals surface area contributed by atoms with Gasteiger partial charge >= 0.3 is 12.1 Å². The zero-order valence-corrected chi connectivity index (χ0v) is 20.8. The molecule has 2 rings (SSSR count). The van der Waals surface area contributed by atoms with Crippen LogP contribution >= 0.6 is 0 Å². The molecule has 0 aliphatic carbocycles. The van der Waals surface area contributed by atoms with Crippen LogP contribution in [0.2, 0.25) is 0 Å². The number of alkyl halides is 3. The Morgan fingerprint density at radius 3 is 2.23 bits per heavy atom. The minimum atomic E-state index is -4.44. The second kappa shape index (κ2) is 13.6. The molecule has 0 saturated carbocycles. The van der Waals surface area contributed by atoms with E-state index in [9.17, 15) is 18.0 Å². The number of rotatable bonds is 11. The number of allylic oxidation sites excluding steroid dienone is 5. The van der Waals surface area contributed by atoms with Crippen LogP contribution in [-0.4, -0.2) is 12.6 Å². The lowest BCUT2D eigenvalue weighted by molar-refractivity contribution is -0.137. The molecule has 0 aliphatic rings. The Kier molecular flexibility index (Phi) is 10.8. The van der Waals surface area contributed by atoms with Gasteiger partial charge < -0.3 is 10.1 Å². The summed E-state index contributed by atoms with van der Waals surface area (Å²) in [5.74, 6) is -0.542. The van der Waals surface area contributed by atoms with E-state index in [-0.39, 0.29) is 17.9 Å². The van der Waals surface area contributed by atoms with E-state index in [2.05, 4.69) is 38.2 Å². The van der Waals surface area contributed by atoms with Crippen LogP contribution in [-0.2, 0) is 10.9 Å². The lowest BCUT2D eigenvalue weighted by atomic mass is 10.1. The molecule has 0 fully saturated rings. The summed E-state index contributed by atoms with van der Waals surface area (Å²) < 4.78 is 44.4. The van der Waals surface area contributed by atoms with Gasteiger partial charge in [-0.3, -0.25) is 0 Å². The summed E-state index contributed by atoms with van der Waals surface area (Å²) in [6.45, 7) is 8.48. The van der Waals surface area contributed by atoms with Gasteiger partial charge in [0.25, 0.3) is 0 Å². The Hall–Kier alpha value is -3.28. The molecular weight excluding hydrogens is 451 g/mol. The van der Waals surface area contributed by atoms with Gasteiger partial charge in [0.1, 0.15) is 6.61 Å². The van der Waals surface area contributed by atoms with Crippen LogP contribution in [0.5, 0.6) is 0 Å². The van der Waals surface area contributed by atoms with E-state index in [1.807, 2.05) is 13.0 Å². The highest BCUT2D eigenvalue weighted by atomic mass is 19.4. The molecule has 0 radical (unpaired) electrons. The first kappa shape index (κ1) is 28.0. The summed E-state index contributed by atoms with van der Waals surface area (Å²) >= 11 is 0. The molecule has 0 aliphatic heterocycles. The number of anilines is 2. The molecule has 0 atom stereocenters. The zero-order valence-electron chi connectivity index (χ0n) is 20.8. The Morgan fingerprint density at radius 1 is 0.886 bits per heavy atom. The van der Waals surface area contributed by atoms with Crippen molar-refractivity contribution in [2.45, 2.75) is 59.6 Å². The first-order chi connectivity index (χ1) is 16.6. The molecule has 35 heavy (non-hydrogen) atoms. The average molecular weight is 486 g/mol. The van der Waals surface area contributed by atoms with Gasteiger partial charge in [-0.1, -0.05) is 47.1 Å². The van der Waals surface area contributed by atoms with Crippen molar-refractivity contribution in [1.29, 1.82) is 0 Å². The van der Waals surface area contributed by atoms with Crippen molar-refractivity contribution in [2.24, 2.45) is 0 Å². The number of esters is 1. The highest BCUT2D eigenvalue weighted by Gasteiger charge is 2.30. The number of para-hydroxylation sites is 1. The predicted octanol–water partition coefficient (Wildman–Crippen LogP) is 9.03. The fourth-order valence-electron chi connectivity index (χ4n) is 3.38. The maximum atomic E-state index is 13.0. The van der Waals surface area contributed by atoms with Crippen LogP contribution in [0, 0.1) is 0 Å². The van der Waals surface area contributed by atoms with Gasteiger partial charge in [-0.2, -0.15) is 13.2 Å². The summed E-state index contributed by atoms with van der Waals surface area (Å²) in [5, 5.41) is 2.90. The maximum Gasteiger partial charge on any atom is 0.416 e. The van der Waals surface area contributed by atoms with Crippen molar-refractivity contribution in [3.8, 4) is 0 Å². The molecule has 2 aromatic carbocycles. The van der Waals surface area contributed by atoms with Crippen LogP contribution in [0.3, 0.4) is 0 Å². The van der Waals surface area contributed by atoms with Gasteiger partial charge in [0, 0.05) is 5.69 Å². The van der Waals surface area contributed by atoms with E-state index in [1.165, 1.54) is 23.3 Å². The molecular formula is C29H34F3NO2. The Balaban J connectivity index is 1.91. The third kappa shape index (κ3) is 10.3. The quantitative estimate of drug-likeness (QED) is 0.255. The molecule has 0 amide bonds. The smallest absolute Gasteiger partial charge is 0.416 e. The van der Waals surface area contributed by atoms with Crippen molar-refractivity contribution in [1.82, 2.24) is 0 Å². The van der Waals surface area contributed by atoms with E-state index in [1.54, 1.807) is 24.3 Å². The minimum absolute atomic E-state index is 0.131. The van der Waals surface area contributed by atoms with Crippen LogP contribution in [0.4, 0.5) is 24.5 Å². The molecule has 0 saturated heterocycles. The normalized spacial score (nSPS) is 12.3. The van der Waals surface area contributed by atoms with Gasteiger partial charge in [-0.25, -0.2) is 4.79 Å². The van der Waals surface area contributed by atoms with Crippen molar-refractivity contribution < 1.29 is 22.7 Å². The Labute approximate surface area is 206 Å². The van der Waals surface area contributed by atoms with Gasteiger partial charge in [0.15, 0.2) is 0 Å². The molecule has 6 heteroatoms. The fraction of sp³-hybridized carbons (Fsp3) is 0.345. The van der Waals surface area contributed by atoms with Crippen molar-refractivity contribution >= 4 is 17.3 Å².